The molecule has 0 saturated heterocycles. The predicted molar refractivity (Wildman–Crippen MR) is 174 cm³/mol. The Morgan fingerprint density at radius 2 is 0.562 bits per heavy atom. The van der Waals surface area contributed by atoms with Gasteiger partial charge in [0.2, 0.25) is 0 Å². The second-order valence-electron chi connectivity index (χ2n) is 9.54. The zero-order chi connectivity index (χ0) is 36.7. The van der Waals surface area contributed by atoms with Crippen LogP contribution in [0.15, 0.2) is 0 Å². The Labute approximate surface area is 287 Å². The lowest BCUT2D eigenvalue weighted by Gasteiger charge is -2.14. The summed E-state index contributed by atoms with van der Waals surface area (Å²) in [6.45, 7) is 20.2. The van der Waals surface area contributed by atoms with Crippen molar-refractivity contribution >= 4 is 17.5 Å². The largest absolute Gasteiger partial charge is 0.481 e. The number of ether oxygens (including phenoxy) is 12. The van der Waals surface area contributed by atoms with Gasteiger partial charge in [-0.1, -0.05) is 0 Å². The van der Waals surface area contributed by atoms with Crippen molar-refractivity contribution in [2.24, 2.45) is 17.8 Å². The van der Waals surface area contributed by atoms with Crippen molar-refractivity contribution < 1.29 is 76.3 Å². The molecular weight excluding hydrogens is 640 g/mol. The normalized spacial score (nSPS) is 11.0. The van der Waals surface area contributed by atoms with Gasteiger partial charge in [-0.25, -0.2) is 0 Å². The highest BCUT2D eigenvalue weighted by Crippen LogP contribution is 2.03. The molecule has 0 aromatic carbocycles. The Morgan fingerprint density at radius 1 is 0.375 bits per heavy atom. The van der Waals surface area contributed by atoms with Gasteiger partial charge in [-0.15, -0.1) is 0 Å². The SMILES string of the molecule is CCOCOCC(COCOCC)C(=O)O.CCOCOCC(COCOCC)C(C)=O.CCOCOCC(COCOCC)C(C)=O. The molecule has 0 aromatic rings. The molecule has 0 unspecified atom stereocenters. The minimum absolute atomic E-state index is 0.0491. The summed E-state index contributed by atoms with van der Waals surface area (Å²) in [7, 11) is 0. The molecule has 0 fully saturated rings. The fraction of sp³-hybridized carbons (Fsp3) is 0.906. The number of aliphatic carboxylic acids is 1. The lowest BCUT2D eigenvalue weighted by molar-refractivity contribution is -0.152. The van der Waals surface area contributed by atoms with E-state index in [-0.39, 0.29) is 77.4 Å². The first-order valence-electron chi connectivity index (χ1n) is 16.3. The van der Waals surface area contributed by atoms with Crippen LogP contribution in [0.2, 0.25) is 0 Å². The van der Waals surface area contributed by atoms with Crippen LogP contribution in [-0.4, -0.2) is 143 Å². The molecule has 0 aliphatic rings. The third kappa shape index (κ3) is 38.8. The molecule has 0 aliphatic carbocycles. The van der Waals surface area contributed by atoms with E-state index in [0.717, 1.165) is 0 Å². The number of carbonyl (C=O) groups is 3. The summed E-state index contributed by atoms with van der Waals surface area (Å²) in [5.74, 6) is -2.04. The van der Waals surface area contributed by atoms with Crippen LogP contribution in [0.4, 0.5) is 0 Å². The molecule has 0 aliphatic heterocycles. The third-order valence-electron chi connectivity index (χ3n) is 5.64. The minimum Gasteiger partial charge on any atom is -0.481 e. The van der Waals surface area contributed by atoms with Crippen LogP contribution in [0, 0.1) is 17.8 Å². The average Bonchev–Trinajstić information content (AvgIpc) is 3.06. The van der Waals surface area contributed by atoms with Gasteiger partial charge in [0.05, 0.1) is 51.5 Å². The van der Waals surface area contributed by atoms with E-state index in [1.54, 1.807) is 0 Å². The van der Waals surface area contributed by atoms with E-state index in [9.17, 15) is 14.4 Å². The van der Waals surface area contributed by atoms with Gasteiger partial charge in [-0.05, 0) is 55.4 Å². The van der Waals surface area contributed by atoms with Crippen LogP contribution in [0.1, 0.15) is 55.4 Å². The molecular formula is C32H64O16. The quantitative estimate of drug-likeness (QED) is 0.0776. The van der Waals surface area contributed by atoms with Crippen molar-refractivity contribution in [3.05, 3.63) is 0 Å². The van der Waals surface area contributed by atoms with Crippen molar-refractivity contribution in [1.82, 2.24) is 0 Å². The van der Waals surface area contributed by atoms with Crippen molar-refractivity contribution in [3.8, 4) is 0 Å². The molecule has 48 heavy (non-hydrogen) atoms. The zero-order valence-electron chi connectivity index (χ0n) is 30.5. The number of ketones is 2. The lowest BCUT2D eigenvalue weighted by Crippen LogP contribution is -2.26. The Morgan fingerprint density at radius 3 is 0.708 bits per heavy atom. The van der Waals surface area contributed by atoms with Gasteiger partial charge in [0, 0.05) is 39.6 Å². The van der Waals surface area contributed by atoms with Crippen LogP contribution in [0.25, 0.3) is 0 Å². The average molecular weight is 705 g/mol. The molecule has 0 amide bonds. The van der Waals surface area contributed by atoms with E-state index in [4.69, 9.17) is 61.9 Å². The molecule has 0 heterocycles. The number of rotatable bonds is 33. The van der Waals surface area contributed by atoms with Crippen molar-refractivity contribution in [3.63, 3.8) is 0 Å². The maximum absolute atomic E-state index is 11.2. The summed E-state index contributed by atoms with van der Waals surface area (Å²) in [5.41, 5.74) is 0. The molecule has 0 radical (unpaired) electrons. The van der Waals surface area contributed by atoms with Crippen LogP contribution in [-0.2, 0) is 71.2 Å². The van der Waals surface area contributed by atoms with E-state index >= 15 is 0 Å². The number of carbonyl (C=O) groups excluding carboxylic acids is 2. The van der Waals surface area contributed by atoms with Gasteiger partial charge >= 0.3 is 5.97 Å². The standard InChI is InChI=1S/2C11H22O5.C10H20O6/c2*1-4-13-8-15-6-11(10(3)12)7-16-9-14-5-2;1-3-13-7-15-5-9(10(11)12)6-16-8-14-4-2/h2*11H,4-9H2,1-3H3;9H,3-8H2,1-2H3,(H,11,12). The molecule has 0 saturated carbocycles. The van der Waals surface area contributed by atoms with E-state index in [0.29, 0.717) is 66.1 Å². The smallest absolute Gasteiger partial charge is 0.311 e. The van der Waals surface area contributed by atoms with Crippen LogP contribution >= 0.6 is 0 Å². The zero-order valence-corrected chi connectivity index (χ0v) is 30.5. The molecule has 1 N–H and O–H groups in total. The molecule has 0 bridgehead atoms. The molecule has 16 heteroatoms. The highest BCUT2D eigenvalue weighted by atomic mass is 16.7. The second-order valence-corrected chi connectivity index (χ2v) is 9.54. The summed E-state index contributed by atoms with van der Waals surface area (Å²) >= 11 is 0. The highest BCUT2D eigenvalue weighted by molar-refractivity contribution is 5.78. The second kappa shape index (κ2) is 41.5. The first kappa shape index (κ1) is 50.7. The number of Topliss-reactive ketones (excluding diaryl/α,β-unsaturated/α-hetero) is 2. The summed E-state index contributed by atoms with van der Waals surface area (Å²) in [6, 6.07) is 0. The molecule has 0 atom stereocenters. The number of hydrogen-bond donors (Lipinski definition) is 1. The molecule has 0 rings (SSSR count). The Kier molecular flexibility index (Phi) is 43.8. The predicted octanol–water partition coefficient (Wildman–Crippen LogP) is 3.13. The summed E-state index contributed by atoms with van der Waals surface area (Å²) < 4.78 is 60.7. The maximum atomic E-state index is 11.2. The van der Waals surface area contributed by atoms with E-state index in [1.807, 2.05) is 41.5 Å². The van der Waals surface area contributed by atoms with Crippen molar-refractivity contribution in [1.29, 1.82) is 0 Å². The molecule has 16 nitrogen and oxygen atoms in total. The van der Waals surface area contributed by atoms with Crippen LogP contribution in [0.5, 0.6) is 0 Å². The first-order chi connectivity index (χ1) is 23.2. The summed E-state index contributed by atoms with van der Waals surface area (Å²) in [6.07, 6.45) is 0. The Hall–Kier alpha value is -1.67. The fourth-order valence-electron chi connectivity index (χ4n) is 2.75. The Bertz CT molecular complexity index is 571. The maximum Gasteiger partial charge on any atom is 0.311 e. The molecule has 0 aromatic heterocycles. The molecule has 288 valence electrons. The van der Waals surface area contributed by atoms with Gasteiger partial charge in [-0.3, -0.25) is 14.4 Å². The lowest BCUT2D eigenvalue weighted by atomic mass is 10.1. The minimum atomic E-state index is -0.951. The first-order valence-corrected chi connectivity index (χ1v) is 16.3. The number of carboxylic acids is 1. The topological polar surface area (TPSA) is 182 Å². The number of hydrogen-bond acceptors (Lipinski definition) is 15. The van der Waals surface area contributed by atoms with E-state index in [2.05, 4.69) is 0 Å². The monoisotopic (exact) mass is 704 g/mol. The van der Waals surface area contributed by atoms with Crippen LogP contribution in [0.3, 0.4) is 0 Å². The summed E-state index contributed by atoms with van der Waals surface area (Å²) in [5, 5.41) is 8.84. The van der Waals surface area contributed by atoms with Gasteiger partial charge in [0.15, 0.2) is 0 Å². The van der Waals surface area contributed by atoms with Gasteiger partial charge in [-0.2, -0.15) is 0 Å². The van der Waals surface area contributed by atoms with Crippen molar-refractivity contribution in [2.45, 2.75) is 55.4 Å². The van der Waals surface area contributed by atoms with Gasteiger partial charge in [0.25, 0.3) is 0 Å². The fourth-order valence-corrected chi connectivity index (χ4v) is 2.75. The van der Waals surface area contributed by atoms with E-state index in [1.165, 1.54) is 13.8 Å². The summed E-state index contributed by atoms with van der Waals surface area (Å²) in [4.78, 5) is 33.2. The van der Waals surface area contributed by atoms with Gasteiger partial charge < -0.3 is 61.9 Å². The van der Waals surface area contributed by atoms with Gasteiger partial charge in [0.1, 0.15) is 58.2 Å². The third-order valence-corrected chi connectivity index (χ3v) is 5.64. The number of carboxylic acid groups (broad SMARTS) is 1. The van der Waals surface area contributed by atoms with Crippen LogP contribution < -0.4 is 0 Å². The highest BCUT2D eigenvalue weighted by Gasteiger charge is 2.18. The van der Waals surface area contributed by atoms with E-state index < -0.39 is 11.9 Å². The van der Waals surface area contributed by atoms with Crippen molar-refractivity contribution in [2.75, 3.05) is 120 Å². The Balaban J connectivity index is -0.000000633. The molecule has 0 spiro atoms.